The standard InChI is InChI=1S/C12H23N3O2/c1-3-4-5-11(16)14-6-8-15(9-7-14)12(17)10(2)13/h10H,3-9,13H2,1-2H3/t10-/m0/s1. The molecule has 0 saturated carbocycles. The van der Waals surface area contributed by atoms with Gasteiger partial charge in [0.2, 0.25) is 11.8 Å². The minimum Gasteiger partial charge on any atom is -0.339 e. The van der Waals surface area contributed by atoms with E-state index in [-0.39, 0.29) is 11.8 Å². The highest BCUT2D eigenvalue weighted by molar-refractivity contribution is 5.82. The lowest BCUT2D eigenvalue weighted by molar-refractivity contribution is -0.140. The van der Waals surface area contributed by atoms with Crippen molar-refractivity contribution in [2.24, 2.45) is 5.73 Å². The molecule has 2 amide bonds. The van der Waals surface area contributed by atoms with Crippen molar-refractivity contribution in [1.29, 1.82) is 0 Å². The van der Waals surface area contributed by atoms with E-state index in [0.717, 1.165) is 12.8 Å². The summed E-state index contributed by atoms with van der Waals surface area (Å²) >= 11 is 0. The van der Waals surface area contributed by atoms with Crippen molar-refractivity contribution in [2.75, 3.05) is 26.2 Å². The molecule has 0 spiro atoms. The van der Waals surface area contributed by atoms with E-state index in [1.54, 1.807) is 11.8 Å². The highest BCUT2D eigenvalue weighted by atomic mass is 16.2. The van der Waals surface area contributed by atoms with Crippen LogP contribution < -0.4 is 5.73 Å². The number of nitrogens with two attached hydrogens (primary N) is 1. The first kappa shape index (κ1) is 14.0. The van der Waals surface area contributed by atoms with E-state index in [9.17, 15) is 9.59 Å². The van der Waals surface area contributed by atoms with E-state index in [0.29, 0.717) is 32.6 Å². The van der Waals surface area contributed by atoms with Crippen LogP contribution in [0.15, 0.2) is 0 Å². The minimum absolute atomic E-state index is 0.0225. The van der Waals surface area contributed by atoms with Crippen molar-refractivity contribution in [3.63, 3.8) is 0 Å². The lowest BCUT2D eigenvalue weighted by Crippen LogP contribution is -2.53. The summed E-state index contributed by atoms with van der Waals surface area (Å²) in [5, 5.41) is 0. The second-order valence-corrected chi connectivity index (χ2v) is 4.60. The maximum Gasteiger partial charge on any atom is 0.239 e. The molecule has 1 atom stereocenters. The SMILES string of the molecule is CCCCC(=O)N1CCN(C(=O)[C@H](C)N)CC1. The van der Waals surface area contributed by atoms with Gasteiger partial charge in [-0.2, -0.15) is 0 Å². The monoisotopic (exact) mass is 241 g/mol. The van der Waals surface area contributed by atoms with Gasteiger partial charge in [0, 0.05) is 32.6 Å². The fraction of sp³-hybridized carbons (Fsp3) is 0.833. The molecule has 0 radical (unpaired) electrons. The summed E-state index contributed by atoms with van der Waals surface area (Å²) in [7, 11) is 0. The van der Waals surface area contributed by atoms with Crippen molar-refractivity contribution in [3.8, 4) is 0 Å². The van der Waals surface area contributed by atoms with Gasteiger partial charge in [0.15, 0.2) is 0 Å². The fourth-order valence-electron chi connectivity index (χ4n) is 1.95. The molecule has 2 N–H and O–H groups in total. The summed E-state index contributed by atoms with van der Waals surface area (Å²) in [6, 6.07) is -0.447. The van der Waals surface area contributed by atoms with E-state index in [1.807, 2.05) is 4.90 Å². The van der Waals surface area contributed by atoms with Crippen LogP contribution in [0.25, 0.3) is 0 Å². The molecule has 1 aliphatic heterocycles. The van der Waals surface area contributed by atoms with Gasteiger partial charge < -0.3 is 15.5 Å². The zero-order valence-corrected chi connectivity index (χ0v) is 10.8. The fourth-order valence-corrected chi connectivity index (χ4v) is 1.95. The highest BCUT2D eigenvalue weighted by Gasteiger charge is 2.24. The lowest BCUT2D eigenvalue weighted by Gasteiger charge is -2.35. The summed E-state index contributed by atoms with van der Waals surface area (Å²) in [4.78, 5) is 27.0. The molecule has 1 aliphatic rings. The Morgan fingerprint density at radius 1 is 1.18 bits per heavy atom. The van der Waals surface area contributed by atoms with Crippen molar-refractivity contribution in [2.45, 2.75) is 39.2 Å². The number of carbonyl (C=O) groups excluding carboxylic acids is 2. The summed E-state index contributed by atoms with van der Waals surface area (Å²) < 4.78 is 0. The zero-order chi connectivity index (χ0) is 12.8. The molecular formula is C12H23N3O2. The quantitative estimate of drug-likeness (QED) is 0.764. The van der Waals surface area contributed by atoms with Gasteiger partial charge in [0.1, 0.15) is 0 Å². The molecule has 98 valence electrons. The molecule has 1 fully saturated rings. The third-order valence-electron chi connectivity index (χ3n) is 3.08. The molecular weight excluding hydrogens is 218 g/mol. The van der Waals surface area contributed by atoms with Crippen LogP contribution in [0.2, 0.25) is 0 Å². The molecule has 0 aliphatic carbocycles. The summed E-state index contributed by atoms with van der Waals surface area (Å²) in [6.07, 6.45) is 2.60. The van der Waals surface area contributed by atoms with Gasteiger partial charge in [-0.3, -0.25) is 9.59 Å². The Morgan fingerprint density at radius 3 is 2.18 bits per heavy atom. The minimum atomic E-state index is -0.447. The van der Waals surface area contributed by atoms with Gasteiger partial charge in [-0.05, 0) is 13.3 Å². The smallest absolute Gasteiger partial charge is 0.239 e. The summed E-state index contributed by atoms with van der Waals surface area (Å²) in [5.41, 5.74) is 5.56. The first-order chi connectivity index (χ1) is 8.06. The number of rotatable bonds is 4. The van der Waals surface area contributed by atoms with E-state index >= 15 is 0 Å². The Balaban J connectivity index is 2.35. The van der Waals surface area contributed by atoms with Gasteiger partial charge in [0.25, 0.3) is 0 Å². The van der Waals surface area contributed by atoms with Gasteiger partial charge in [-0.1, -0.05) is 13.3 Å². The third kappa shape index (κ3) is 4.00. The van der Waals surface area contributed by atoms with Crippen molar-refractivity contribution >= 4 is 11.8 Å². The number of unbranched alkanes of at least 4 members (excludes halogenated alkanes) is 1. The maximum absolute atomic E-state index is 11.8. The number of amides is 2. The van der Waals surface area contributed by atoms with Crippen LogP contribution in [-0.4, -0.2) is 53.8 Å². The molecule has 0 aromatic rings. The number of hydrogen-bond donors (Lipinski definition) is 1. The normalized spacial score (nSPS) is 18.1. The van der Waals surface area contributed by atoms with E-state index in [1.165, 1.54) is 0 Å². The van der Waals surface area contributed by atoms with Crippen LogP contribution in [0, 0.1) is 0 Å². The third-order valence-corrected chi connectivity index (χ3v) is 3.08. The van der Waals surface area contributed by atoms with Crippen LogP contribution in [0.1, 0.15) is 33.1 Å². The second kappa shape index (κ2) is 6.59. The van der Waals surface area contributed by atoms with E-state index in [4.69, 9.17) is 5.73 Å². The van der Waals surface area contributed by atoms with Crippen LogP contribution in [0.5, 0.6) is 0 Å². The Hall–Kier alpha value is -1.10. The second-order valence-electron chi connectivity index (χ2n) is 4.60. The van der Waals surface area contributed by atoms with E-state index < -0.39 is 6.04 Å². The molecule has 1 heterocycles. The van der Waals surface area contributed by atoms with Crippen molar-refractivity contribution < 1.29 is 9.59 Å². The van der Waals surface area contributed by atoms with Crippen molar-refractivity contribution in [3.05, 3.63) is 0 Å². The number of nitrogens with zero attached hydrogens (tertiary/aromatic N) is 2. The van der Waals surface area contributed by atoms with Gasteiger partial charge in [-0.25, -0.2) is 0 Å². The maximum atomic E-state index is 11.8. The molecule has 5 heteroatoms. The summed E-state index contributed by atoms with van der Waals surface area (Å²) in [6.45, 7) is 6.27. The molecule has 17 heavy (non-hydrogen) atoms. The largest absolute Gasteiger partial charge is 0.339 e. The Kier molecular flexibility index (Phi) is 5.41. The van der Waals surface area contributed by atoms with Crippen LogP contribution in [0.3, 0.4) is 0 Å². The molecule has 0 unspecified atom stereocenters. The van der Waals surface area contributed by atoms with Crippen molar-refractivity contribution in [1.82, 2.24) is 9.80 Å². The predicted molar refractivity (Wildman–Crippen MR) is 66.3 cm³/mol. The number of carbonyl (C=O) groups is 2. The zero-order valence-electron chi connectivity index (χ0n) is 10.8. The predicted octanol–water partition coefficient (Wildman–Crippen LogP) is 0.195. The lowest BCUT2D eigenvalue weighted by atomic mass is 10.2. The molecule has 5 nitrogen and oxygen atoms in total. The highest BCUT2D eigenvalue weighted by Crippen LogP contribution is 2.07. The molecule has 1 rings (SSSR count). The number of hydrogen-bond acceptors (Lipinski definition) is 3. The van der Waals surface area contributed by atoms with Crippen LogP contribution in [0.4, 0.5) is 0 Å². The molecule has 0 aromatic heterocycles. The van der Waals surface area contributed by atoms with Crippen LogP contribution >= 0.6 is 0 Å². The molecule has 0 aromatic carbocycles. The van der Waals surface area contributed by atoms with Gasteiger partial charge in [0.05, 0.1) is 6.04 Å². The summed E-state index contributed by atoms with van der Waals surface area (Å²) in [5.74, 6) is 0.186. The topological polar surface area (TPSA) is 66.6 Å². The average Bonchev–Trinajstić information content (AvgIpc) is 2.35. The first-order valence-corrected chi connectivity index (χ1v) is 6.38. The Bertz CT molecular complexity index is 271. The molecule has 1 saturated heterocycles. The Labute approximate surface area is 103 Å². The number of piperazine rings is 1. The van der Waals surface area contributed by atoms with Crippen LogP contribution in [-0.2, 0) is 9.59 Å². The average molecular weight is 241 g/mol. The first-order valence-electron chi connectivity index (χ1n) is 6.38. The molecule has 0 bridgehead atoms. The van der Waals surface area contributed by atoms with Gasteiger partial charge >= 0.3 is 0 Å². The van der Waals surface area contributed by atoms with E-state index in [2.05, 4.69) is 6.92 Å². The van der Waals surface area contributed by atoms with Gasteiger partial charge in [-0.15, -0.1) is 0 Å². The Morgan fingerprint density at radius 2 is 1.71 bits per heavy atom.